The Morgan fingerprint density at radius 1 is 1.20 bits per heavy atom. The molecule has 1 fully saturated rings. The fourth-order valence-corrected chi connectivity index (χ4v) is 4.82. The van der Waals surface area contributed by atoms with E-state index in [1.54, 1.807) is 11.0 Å². The summed E-state index contributed by atoms with van der Waals surface area (Å²) in [6.45, 7) is 0.813. The number of pyridine rings is 1. The van der Waals surface area contributed by atoms with Crippen molar-refractivity contribution in [3.63, 3.8) is 0 Å². The fourth-order valence-electron chi connectivity index (χ4n) is 4.82. The van der Waals surface area contributed by atoms with E-state index in [2.05, 4.69) is 15.3 Å². The van der Waals surface area contributed by atoms with Gasteiger partial charge in [-0.1, -0.05) is 0 Å². The number of hydrogen-bond donors (Lipinski definition) is 2. The monoisotopic (exact) mass is 494 g/mol. The van der Waals surface area contributed by atoms with Crippen LogP contribution in [0.3, 0.4) is 0 Å². The molecule has 2 N–H and O–H groups in total. The van der Waals surface area contributed by atoms with Crippen molar-refractivity contribution in [1.82, 2.24) is 20.2 Å². The van der Waals surface area contributed by atoms with Crippen LogP contribution in [-0.2, 0) is 6.42 Å². The third-order valence-electron chi connectivity index (χ3n) is 6.72. The van der Waals surface area contributed by atoms with Crippen LogP contribution in [0, 0.1) is 17.5 Å². The summed E-state index contributed by atoms with van der Waals surface area (Å²) in [4.78, 5) is 8.73. The number of aromatic nitrogens is 2. The zero-order chi connectivity index (χ0) is 24.6. The normalized spacial score (nSPS) is 19.2. The van der Waals surface area contributed by atoms with Gasteiger partial charge in [0, 0.05) is 36.2 Å². The number of fused-ring (bicyclic) bond motifs is 3. The van der Waals surface area contributed by atoms with Crippen LogP contribution in [0.15, 0.2) is 24.4 Å². The lowest BCUT2D eigenvalue weighted by atomic mass is 9.91. The number of nitrogens with zero attached hydrogens (tertiary/aromatic N) is 2. The number of hydrogen-bond acceptors (Lipinski definition) is 4. The number of nitrogens with one attached hydrogen (secondary N) is 2. The van der Waals surface area contributed by atoms with Gasteiger partial charge in [0.2, 0.25) is 0 Å². The molecule has 35 heavy (non-hydrogen) atoms. The molecule has 10 heteroatoms. The maximum Gasteiger partial charge on any atom is 0.250 e. The molecular formula is C25H27F5N4O. The second kappa shape index (κ2) is 9.73. The molecule has 1 saturated carbocycles. The smallest absolute Gasteiger partial charge is 0.250 e. The molecule has 5 nitrogen and oxygen atoms in total. The second-order valence-corrected chi connectivity index (χ2v) is 9.26. The van der Waals surface area contributed by atoms with Crippen molar-refractivity contribution in [2.75, 3.05) is 39.5 Å². The number of ether oxygens (including phenoxy) is 1. The summed E-state index contributed by atoms with van der Waals surface area (Å²) in [6.07, 6.45) is 2.57. The highest BCUT2D eigenvalue weighted by Gasteiger charge is 2.48. The van der Waals surface area contributed by atoms with E-state index < -0.39 is 35.8 Å². The summed E-state index contributed by atoms with van der Waals surface area (Å²) >= 11 is 0. The Bertz CT molecular complexity index is 1210. The minimum Gasteiger partial charge on any atom is -0.474 e. The summed E-state index contributed by atoms with van der Waals surface area (Å²) in [7, 11) is 0. The summed E-state index contributed by atoms with van der Waals surface area (Å²) in [6, 6.07) is 3.36. The molecule has 1 unspecified atom stereocenters. The standard InChI is InChI=1S/C25H27F5N4O/c26-7-1-8-31-9-11-35-24-21(29)20(18(28)13-32-24)23-22-16(4-10-34(23)14-25(30)5-6-25)17-12-15(27)2-3-19(17)33-22/h2-3,12-13,23,31,33H,1,4-11,14H2. The molecular weight excluding hydrogens is 467 g/mol. The molecule has 0 saturated heterocycles. The lowest BCUT2D eigenvalue weighted by Gasteiger charge is -2.37. The third kappa shape index (κ3) is 4.86. The van der Waals surface area contributed by atoms with Gasteiger partial charge in [-0.05, 0) is 56.0 Å². The molecule has 1 aliphatic carbocycles. The van der Waals surface area contributed by atoms with Crippen LogP contribution < -0.4 is 10.1 Å². The predicted molar refractivity (Wildman–Crippen MR) is 122 cm³/mol. The molecule has 0 amide bonds. The van der Waals surface area contributed by atoms with Gasteiger partial charge in [0.25, 0.3) is 5.88 Å². The SMILES string of the molecule is FCCCNCCOc1ncc(F)c(C2c3[nH]c4ccc(F)cc4c3CCN2CC2(F)CC2)c1F. The van der Waals surface area contributed by atoms with Gasteiger partial charge in [-0.3, -0.25) is 9.29 Å². The highest BCUT2D eigenvalue weighted by molar-refractivity contribution is 5.85. The molecule has 3 aromatic rings. The number of rotatable bonds is 10. The molecule has 1 atom stereocenters. The first-order chi connectivity index (χ1) is 16.9. The molecule has 5 rings (SSSR count). The summed E-state index contributed by atoms with van der Waals surface area (Å²) < 4.78 is 77.3. The molecule has 2 aromatic heterocycles. The maximum atomic E-state index is 15.7. The summed E-state index contributed by atoms with van der Waals surface area (Å²) in [5.74, 6) is -2.59. The first-order valence-corrected chi connectivity index (χ1v) is 11.9. The van der Waals surface area contributed by atoms with Gasteiger partial charge in [-0.2, -0.15) is 0 Å². The van der Waals surface area contributed by atoms with E-state index in [1.165, 1.54) is 12.1 Å². The van der Waals surface area contributed by atoms with Crippen LogP contribution in [0.5, 0.6) is 5.88 Å². The first-order valence-electron chi connectivity index (χ1n) is 11.9. The number of halogens is 5. The van der Waals surface area contributed by atoms with Crippen LogP contribution in [0.1, 0.15) is 42.1 Å². The average molecular weight is 495 g/mol. The lowest BCUT2D eigenvalue weighted by molar-refractivity contribution is 0.134. The zero-order valence-electron chi connectivity index (χ0n) is 19.2. The van der Waals surface area contributed by atoms with Gasteiger partial charge in [-0.15, -0.1) is 0 Å². The van der Waals surface area contributed by atoms with Crippen molar-refractivity contribution in [3.05, 3.63) is 58.7 Å². The molecule has 1 aromatic carbocycles. The van der Waals surface area contributed by atoms with E-state index in [9.17, 15) is 13.2 Å². The molecule has 0 radical (unpaired) electrons. The third-order valence-corrected chi connectivity index (χ3v) is 6.72. The lowest BCUT2D eigenvalue weighted by Crippen LogP contribution is -2.41. The Morgan fingerprint density at radius 3 is 2.80 bits per heavy atom. The van der Waals surface area contributed by atoms with Gasteiger partial charge in [0.15, 0.2) is 5.82 Å². The fraction of sp³-hybridized carbons (Fsp3) is 0.480. The van der Waals surface area contributed by atoms with Gasteiger partial charge >= 0.3 is 0 Å². The molecule has 2 aliphatic rings. The van der Waals surface area contributed by atoms with Crippen molar-refractivity contribution in [2.45, 2.75) is 37.4 Å². The van der Waals surface area contributed by atoms with Crippen molar-refractivity contribution in [3.8, 4) is 5.88 Å². The Morgan fingerprint density at radius 2 is 2.03 bits per heavy atom. The molecule has 0 spiro atoms. The Hall–Kier alpha value is -2.72. The molecule has 0 bridgehead atoms. The van der Waals surface area contributed by atoms with Crippen LogP contribution in [-0.4, -0.2) is 60.0 Å². The number of benzene rings is 1. The highest BCUT2D eigenvalue weighted by atomic mass is 19.2. The predicted octanol–water partition coefficient (Wildman–Crippen LogP) is 4.76. The van der Waals surface area contributed by atoms with Crippen LogP contribution in [0.4, 0.5) is 22.0 Å². The van der Waals surface area contributed by atoms with Crippen molar-refractivity contribution >= 4 is 10.9 Å². The summed E-state index contributed by atoms with van der Waals surface area (Å²) in [5.41, 5.74) is 0.273. The molecule has 3 heterocycles. The summed E-state index contributed by atoms with van der Waals surface area (Å²) in [5, 5.41) is 3.61. The number of alkyl halides is 2. The molecule has 1 aliphatic heterocycles. The quantitative estimate of drug-likeness (QED) is 0.315. The largest absolute Gasteiger partial charge is 0.474 e. The van der Waals surface area contributed by atoms with Gasteiger partial charge in [-0.25, -0.2) is 22.5 Å². The Kier molecular flexibility index (Phi) is 6.67. The highest BCUT2D eigenvalue weighted by Crippen LogP contribution is 2.46. The average Bonchev–Trinajstić information content (AvgIpc) is 3.45. The van der Waals surface area contributed by atoms with Gasteiger partial charge in [0.05, 0.1) is 24.5 Å². The minimum absolute atomic E-state index is 0.0384. The zero-order valence-corrected chi connectivity index (χ0v) is 19.2. The second-order valence-electron chi connectivity index (χ2n) is 9.26. The van der Waals surface area contributed by atoms with E-state index in [4.69, 9.17) is 4.74 Å². The van der Waals surface area contributed by atoms with E-state index in [0.717, 1.165) is 11.8 Å². The van der Waals surface area contributed by atoms with Crippen molar-refractivity contribution in [2.24, 2.45) is 0 Å². The Balaban J connectivity index is 1.51. The topological polar surface area (TPSA) is 53.2 Å². The van der Waals surface area contributed by atoms with Crippen molar-refractivity contribution in [1.29, 1.82) is 0 Å². The first kappa shape index (κ1) is 24.0. The minimum atomic E-state index is -1.38. The Labute approximate surface area is 199 Å². The van der Waals surface area contributed by atoms with E-state index in [0.29, 0.717) is 61.9 Å². The van der Waals surface area contributed by atoms with E-state index >= 15 is 8.78 Å². The maximum absolute atomic E-state index is 15.7. The van der Waals surface area contributed by atoms with Crippen LogP contribution in [0.25, 0.3) is 10.9 Å². The van der Waals surface area contributed by atoms with Crippen molar-refractivity contribution < 1.29 is 26.7 Å². The molecule has 188 valence electrons. The van der Waals surface area contributed by atoms with E-state index in [1.807, 2.05) is 0 Å². The van der Waals surface area contributed by atoms with Gasteiger partial charge in [0.1, 0.15) is 23.9 Å². The number of H-pyrrole nitrogens is 1. The van der Waals surface area contributed by atoms with Gasteiger partial charge < -0.3 is 15.0 Å². The number of aromatic amines is 1. The van der Waals surface area contributed by atoms with E-state index in [-0.39, 0.29) is 24.6 Å². The van der Waals surface area contributed by atoms with Crippen LogP contribution in [0.2, 0.25) is 0 Å². The van der Waals surface area contributed by atoms with Crippen LogP contribution >= 0.6 is 0 Å².